The molecule has 98 valence electrons. The molecule has 3 nitrogen and oxygen atoms in total. The van der Waals surface area contributed by atoms with E-state index in [1.807, 2.05) is 0 Å². The fourth-order valence-electron chi connectivity index (χ4n) is 1.66. The fraction of sp³-hybridized carbons (Fsp3) is 0.0714. The van der Waals surface area contributed by atoms with Gasteiger partial charge in [0, 0.05) is 15.7 Å². The molecule has 0 aliphatic heterocycles. The summed E-state index contributed by atoms with van der Waals surface area (Å²) in [6.07, 6.45) is 0. The van der Waals surface area contributed by atoms with E-state index in [4.69, 9.17) is 23.2 Å². The number of hydrogen-bond acceptors (Lipinski definition) is 2. The van der Waals surface area contributed by atoms with E-state index in [1.54, 1.807) is 48.5 Å². The predicted octanol–water partition coefficient (Wildman–Crippen LogP) is 4.23. The van der Waals surface area contributed by atoms with Crippen molar-refractivity contribution in [2.24, 2.45) is 0 Å². The van der Waals surface area contributed by atoms with Crippen LogP contribution >= 0.6 is 23.2 Å². The maximum atomic E-state index is 11.3. The molecule has 0 unspecified atom stereocenters. The average molecular weight is 296 g/mol. The molecular weight excluding hydrogens is 285 g/mol. The van der Waals surface area contributed by atoms with Gasteiger partial charge in [-0.3, -0.25) is 0 Å². The van der Waals surface area contributed by atoms with Crippen LogP contribution in [0.1, 0.15) is 11.6 Å². The van der Waals surface area contributed by atoms with Crippen LogP contribution < -0.4 is 5.32 Å². The molecule has 0 fully saturated rings. The van der Waals surface area contributed by atoms with Crippen molar-refractivity contribution in [3.63, 3.8) is 0 Å². The van der Waals surface area contributed by atoms with Gasteiger partial charge in [0.05, 0.1) is 0 Å². The number of halogens is 2. The van der Waals surface area contributed by atoms with Gasteiger partial charge >= 0.3 is 5.97 Å². The summed E-state index contributed by atoms with van der Waals surface area (Å²) in [6.45, 7) is 0. The van der Waals surface area contributed by atoms with Crippen molar-refractivity contribution in [3.05, 3.63) is 64.1 Å². The van der Waals surface area contributed by atoms with Gasteiger partial charge in [0.2, 0.25) is 0 Å². The van der Waals surface area contributed by atoms with Crippen molar-refractivity contribution < 1.29 is 9.90 Å². The van der Waals surface area contributed by atoms with E-state index in [0.717, 1.165) is 0 Å². The molecule has 1 atom stereocenters. The van der Waals surface area contributed by atoms with Crippen LogP contribution in [-0.4, -0.2) is 11.1 Å². The average Bonchev–Trinajstić information content (AvgIpc) is 2.39. The highest BCUT2D eigenvalue weighted by Crippen LogP contribution is 2.22. The summed E-state index contributed by atoms with van der Waals surface area (Å²) in [7, 11) is 0. The Morgan fingerprint density at radius 1 is 0.947 bits per heavy atom. The van der Waals surface area contributed by atoms with E-state index >= 15 is 0 Å². The van der Waals surface area contributed by atoms with Crippen LogP contribution in [0.15, 0.2) is 48.5 Å². The Hall–Kier alpha value is -1.71. The highest BCUT2D eigenvalue weighted by atomic mass is 35.5. The summed E-state index contributed by atoms with van der Waals surface area (Å²) in [4.78, 5) is 11.3. The molecule has 0 spiro atoms. The Labute approximate surface area is 120 Å². The van der Waals surface area contributed by atoms with Crippen LogP contribution in [0.5, 0.6) is 0 Å². The van der Waals surface area contributed by atoms with Gasteiger partial charge in [-0.15, -0.1) is 0 Å². The number of rotatable bonds is 4. The Bertz CT molecular complexity index is 567. The second-order valence-electron chi connectivity index (χ2n) is 3.97. The van der Waals surface area contributed by atoms with Crippen molar-refractivity contribution in [1.82, 2.24) is 0 Å². The van der Waals surface area contributed by atoms with Crippen LogP contribution in [-0.2, 0) is 4.79 Å². The number of benzene rings is 2. The summed E-state index contributed by atoms with van der Waals surface area (Å²) in [5, 5.41) is 13.4. The van der Waals surface area contributed by atoms with E-state index in [1.165, 1.54) is 0 Å². The summed E-state index contributed by atoms with van der Waals surface area (Å²) in [5.41, 5.74) is 1.32. The SMILES string of the molecule is O=C(O)[C@@H](Nc1ccc(Cl)cc1)c1ccc(Cl)cc1. The summed E-state index contributed by atoms with van der Waals surface area (Å²) in [5.74, 6) is -0.961. The van der Waals surface area contributed by atoms with Gasteiger partial charge in [0.15, 0.2) is 6.04 Å². The first kappa shape index (κ1) is 13.7. The zero-order valence-electron chi connectivity index (χ0n) is 9.81. The molecule has 0 bridgehead atoms. The molecule has 0 saturated carbocycles. The third-order valence-electron chi connectivity index (χ3n) is 2.61. The number of carbonyl (C=O) groups is 1. The standard InChI is InChI=1S/C14H11Cl2NO2/c15-10-3-1-9(2-4-10)13(14(18)19)17-12-7-5-11(16)6-8-12/h1-8,13,17H,(H,18,19)/t13-/m0/s1. The van der Waals surface area contributed by atoms with Crippen molar-refractivity contribution in [2.75, 3.05) is 5.32 Å². The number of aliphatic carboxylic acids is 1. The largest absolute Gasteiger partial charge is 0.479 e. The maximum absolute atomic E-state index is 11.3. The maximum Gasteiger partial charge on any atom is 0.330 e. The van der Waals surface area contributed by atoms with Gasteiger partial charge < -0.3 is 10.4 Å². The Morgan fingerprint density at radius 3 is 1.89 bits per heavy atom. The lowest BCUT2D eigenvalue weighted by atomic mass is 10.1. The molecular formula is C14H11Cl2NO2. The third-order valence-corrected chi connectivity index (χ3v) is 3.11. The minimum absolute atomic E-state index is 0.569. The molecule has 2 N–H and O–H groups in total. The summed E-state index contributed by atoms with van der Waals surface area (Å²) >= 11 is 11.6. The molecule has 2 aromatic carbocycles. The molecule has 0 radical (unpaired) electrons. The van der Waals surface area contributed by atoms with Gasteiger partial charge in [-0.2, -0.15) is 0 Å². The molecule has 2 aromatic rings. The number of carboxylic acids is 1. The van der Waals surface area contributed by atoms with Crippen molar-refractivity contribution in [2.45, 2.75) is 6.04 Å². The number of anilines is 1. The zero-order chi connectivity index (χ0) is 13.8. The summed E-state index contributed by atoms with van der Waals surface area (Å²) < 4.78 is 0. The monoisotopic (exact) mass is 295 g/mol. The van der Waals surface area contributed by atoms with E-state index in [0.29, 0.717) is 21.3 Å². The van der Waals surface area contributed by atoms with Gasteiger partial charge in [-0.25, -0.2) is 4.79 Å². The third kappa shape index (κ3) is 3.63. The van der Waals surface area contributed by atoms with E-state index in [2.05, 4.69) is 5.32 Å². The van der Waals surface area contributed by atoms with Crippen molar-refractivity contribution in [3.8, 4) is 0 Å². The van der Waals surface area contributed by atoms with Crippen LogP contribution in [0.4, 0.5) is 5.69 Å². The fourth-order valence-corrected chi connectivity index (χ4v) is 1.91. The lowest BCUT2D eigenvalue weighted by molar-refractivity contribution is -0.138. The van der Waals surface area contributed by atoms with Gasteiger partial charge in [0.25, 0.3) is 0 Å². The highest BCUT2D eigenvalue weighted by Gasteiger charge is 2.19. The normalized spacial score (nSPS) is 11.9. The molecule has 0 amide bonds. The first-order valence-electron chi connectivity index (χ1n) is 5.56. The summed E-state index contributed by atoms with van der Waals surface area (Å²) in [6, 6.07) is 12.7. The molecule has 0 heterocycles. The quantitative estimate of drug-likeness (QED) is 0.887. The van der Waals surface area contributed by atoms with Crippen molar-refractivity contribution in [1.29, 1.82) is 0 Å². The van der Waals surface area contributed by atoms with Crippen molar-refractivity contribution >= 4 is 34.9 Å². The number of carboxylic acid groups (broad SMARTS) is 1. The first-order valence-corrected chi connectivity index (χ1v) is 6.32. The number of nitrogens with one attached hydrogen (secondary N) is 1. The van der Waals surface area contributed by atoms with E-state index in [9.17, 15) is 9.90 Å². The minimum Gasteiger partial charge on any atom is -0.479 e. The molecule has 0 saturated heterocycles. The first-order chi connectivity index (χ1) is 9.06. The predicted molar refractivity (Wildman–Crippen MR) is 76.9 cm³/mol. The van der Waals surface area contributed by atoms with Crippen LogP contribution in [0, 0.1) is 0 Å². The molecule has 0 aliphatic carbocycles. The minimum atomic E-state index is -0.961. The smallest absolute Gasteiger partial charge is 0.330 e. The second kappa shape index (κ2) is 5.95. The van der Waals surface area contributed by atoms with Gasteiger partial charge in [-0.05, 0) is 42.0 Å². The Morgan fingerprint density at radius 2 is 1.42 bits per heavy atom. The molecule has 0 aliphatic rings. The second-order valence-corrected chi connectivity index (χ2v) is 4.85. The van der Waals surface area contributed by atoms with Crippen LogP contribution in [0.2, 0.25) is 10.0 Å². The lowest BCUT2D eigenvalue weighted by Gasteiger charge is -2.16. The van der Waals surface area contributed by atoms with Gasteiger partial charge in [0.1, 0.15) is 0 Å². The van der Waals surface area contributed by atoms with Crippen LogP contribution in [0.3, 0.4) is 0 Å². The van der Waals surface area contributed by atoms with Gasteiger partial charge in [-0.1, -0.05) is 35.3 Å². The van der Waals surface area contributed by atoms with E-state index in [-0.39, 0.29) is 0 Å². The van der Waals surface area contributed by atoms with E-state index < -0.39 is 12.0 Å². The Balaban J connectivity index is 2.23. The highest BCUT2D eigenvalue weighted by molar-refractivity contribution is 6.30. The molecule has 19 heavy (non-hydrogen) atoms. The lowest BCUT2D eigenvalue weighted by Crippen LogP contribution is -2.20. The molecule has 2 rings (SSSR count). The molecule has 5 heteroatoms. The zero-order valence-corrected chi connectivity index (χ0v) is 11.3. The van der Waals surface area contributed by atoms with Crippen LogP contribution in [0.25, 0.3) is 0 Å². The molecule has 0 aromatic heterocycles. The Kier molecular flexibility index (Phi) is 4.30. The topological polar surface area (TPSA) is 49.3 Å². The number of hydrogen-bond donors (Lipinski definition) is 2.